The molecule has 0 radical (unpaired) electrons. The van der Waals surface area contributed by atoms with Crippen molar-refractivity contribution in [3.05, 3.63) is 35.9 Å². The lowest BCUT2D eigenvalue weighted by Crippen LogP contribution is -2.47. The molecule has 2 rings (SSSR count). The maximum absolute atomic E-state index is 12.6. The first-order chi connectivity index (χ1) is 12.2. The van der Waals surface area contributed by atoms with Gasteiger partial charge in [0.2, 0.25) is 11.8 Å². The normalized spacial score (nSPS) is 18.4. The van der Waals surface area contributed by atoms with Crippen LogP contribution in [0.2, 0.25) is 0 Å². The van der Waals surface area contributed by atoms with E-state index in [-0.39, 0.29) is 23.8 Å². The molecule has 2 amide bonds. The fraction of sp³-hybridized carbons (Fsp3) is 0.550. The third-order valence-corrected chi connectivity index (χ3v) is 4.54. The molecule has 0 aromatic heterocycles. The lowest BCUT2D eigenvalue weighted by atomic mass is 9.91. The number of benzene rings is 1. The van der Waals surface area contributed by atoms with Crippen molar-refractivity contribution in [3.8, 4) is 0 Å². The van der Waals surface area contributed by atoms with Crippen LogP contribution in [0.5, 0.6) is 0 Å². The average molecular weight is 360 g/mol. The van der Waals surface area contributed by atoms with E-state index in [1.807, 2.05) is 26.8 Å². The van der Waals surface area contributed by atoms with Gasteiger partial charge in [0.1, 0.15) is 6.04 Å². The van der Waals surface area contributed by atoms with E-state index < -0.39 is 17.9 Å². The standard InChI is InChI=1S/C20H28N2O4/c1-20(2,3)12-17(23)22-11-7-10-16(22)18(24)21-13-15(19(25)26)14-8-5-4-6-9-14/h4-6,8-9,15-16H,7,10-13H2,1-3H3,(H,21,24)(H,25,26). The SMILES string of the molecule is CC(C)(C)CC(=O)N1CCCC1C(=O)NCC(C(=O)O)c1ccccc1. The number of hydrogen-bond donors (Lipinski definition) is 2. The molecule has 2 atom stereocenters. The number of carboxylic acids is 1. The summed E-state index contributed by atoms with van der Waals surface area (Å²) >= 11 is 0. The maximum Gasteiger partial charge on any atom is 0.312 e. The maximum atomic E-state index is 12.6. The Morgan fingerprint density at radius 2 is 1.88 bits per heavy atom. The zero-order valence-electron chi connectivity index (χ0n) is 15.7. The van der Waals surface area contributed by atoms with E-state index in [2.05, 4.69) is 5.32 Å². The Morgan fingerprint density at radius 1 is 1.23 bits per heavy atom. The third kappa shape index (κ3) is 5.31. The highest BCUT2D eigenvalue weighted by molar-refractivity contribution is 5.89. The second kappa shape index (κ2) is 8.34. The molecule has 0 bridgehead atoms. The van der Waals surface area contributed by atoms with Crippen LogP contribution in [0.25, 0.3) is 0 Å². The van der Waals surface area contributed by atoms with Crippen molar-refractivity contribution in [2.45, 2.75) is 52.0 Å². The minimum Gasteiger partial charge on any atom is -0.481 e. The Balaban J connectivity index is 1.99. The number of carbonyl (C=O) groups is 3. The number of carboxylic acid groups (broad SMARTS) is 1. The highest BCUT2D eigenvalue weighted by Gasteiger charge is 2.35. The number of likely N-dealkylation sites (tertiary alicyclic amines) is 1. The molecule has 0 aliphatic carbocycles. The number of carbonyl (C=O) groups excluding carboxylic acids is 2. The van der Waals surface area contributed by atoms with Crippen LogP contribution in [0, 0.1) is 5.41 Å². The number of rotatable bonds is 6. The molecule has 1 saturated heterocycles. The van der Waals surface area contributed by atoms with Gasteiger partial charge in [0.15, 0.2) is 0 Å². The second-order valence-electron chi connectivity index (χ2n) is 8.03. The quantitative estimate of drug-likeness (QED) is 0.815. The summed E-state index contributed by atoms with van der Waals surface area (Å²) in [5.74, 6) is -2.08. The van der Waals surface area contributed by atoms with Crippen LogP contribution in [0.4, 0.5) is 0 Å². The summed E-state index contributed by atoms with van der Waals surface area (Å²) in [5, 5.41) is 12.2. The van der Waals surface area contributed by atoms with Crippen LogP contribution in [0.3, 0.4) is 0 Å². The van der Waals surface area contributed by atoms with Crippen molar-refractivity contribution in [1.29, 1.82) is 0 Å². The average Bonchev–Trinajstić information content (AvgIpc) is 3.04. The van der Waals surface area contributed by atoms with Crippen LogP contribution >= 0.6 is 0 Å². The van der Waals surface area contributed by atoms with E-state index in [0.29, 0.717) is 24.9 Å². The fourth-order valence-electron chi connectivity index (χ4n) is 3.25. The first-order valence-corrected chi connectivity index (χ1v) is 9.04. The first-order valence-electron chi connectivity index (χ1n) is 9.04. The topological polar surface area (TPSA) is 86.7 Å². The smallest absolute Gasteiger partial charge is 0.312 e. The number of hydrogen-bond acceptors (Lipinski definition) is 3. The van der Waals surface area contributed by atoms with E-state index in [1.165, 1.54) is 0 Å². The molecule has 1 heterocycles. The molecule has 1 fully saturated rings. The summed E-state index contributed by atoms with van der Waals surface area (Å²) < 4.78 is 0. The Labute approximate surface area is 154 Å². The molecule has 6 heteroatoms. The monoisotopic (exact) mass is 360 g/mol. The van der Waals surface area contributed by atoms with Crippen LogP contribution in [-0.2, 0) is 14.4 Å². The van der Waals surface area contributed by atoms with Gasteiger partial charge in [-0.3, -0.25) is 14.4 Å². The summed E-state index contributed by atoms with van der Waals surface area (Å²) in [4.78, 5) is 38.3. The molecule has 1 aliphatic rings. The molecule has 26 heavy (non-hydrogen) atoms. The molecular formula is C20H28N2O4. The molecular weight excluding hydrogens is 332 g/mol. The van der Waals surface area contributed by atoms with Crippen molar-refractivity contribution in [2.24, 2.45) is 5.41 Å². The molecule has 2 N–H and O–H groups in total. The Bertz CT molecular complexity index is 652. The van der Waals surface area contributed by atoms with Crippen molar-refractivity contribution < 1.29 is 19.5 Å². The minimum atomic E-state index is -0.983. The number of amides is 2. The summed E-state index contributed by atoms with van der Waals surface area (Å²) in [5.41, 5.74) is 0.509. The lowest BCUT2D eigenvalue weighted by Gasteiger charge is -2.28. The van der Waals surface area contributed by atoms with E-state index in [0.717, 1.165) is 6.42 Å². The predicted octanol–water partition coefficient (Wildman–Crippen LogP) is 2.40. The van der Waals surface area contributed by atoms with Crippen LogP contribution in [0.15, 0.2) is 30.3 Å². The predicted molar refractivity (Wildman–Crippen MR) is 98.6 cm³/mol. The molecule has 1 aromatic rings. The van der Waals surface area contributed by atoms with E-state index in [4.69, 9.17) is 0 Å². The molecule has 0 saturated carbocycles. The van der Waals surface area contributed by atoms with Crippen LogP contribution in [-0.4, -0.2) is 46.9 Å². The van der Waals surface area contributed by atoms with Gasteiger partial charge in [-0.2, -0.15) is 0 Å². The van der Waals surface area contributed by atoms with Crippen molar-refractivity contribution >= 4 is 17.8 Å². The van der Waals surface area contributed by atoms with E-state index in [1.54, 1.807) is 29.2 Å². The van der Waals surface area contributed by atoms with Gasteiger partial charge in [-0.25, -0.2) is 0 Å². The summed E-state index contributed by atoms with van der Waals surface area (Å²) in [7, 11) is 0. The zero-order valence-corrected chi connectivity index (χ0v) is 15.7. The van der Waals surface area contributed by atoms with Gasteiger partial charge in [0, 0.05) is 19.5 Å². The van der Waals surface area contributed by atoms with Gasteiger partial charge in [0.05, 0.1) is 5.92 Å². The minimum absolute atomic E-state index is 0.00990. The Morgan fingerprint density at radius 3 is 2.46 bits per heavy atom. The van der Waals surface area contributed by atoms with Crippen molar-refractivity contribution in [3.63, 3.8) is 0 Å². The number of aliphatic carboxylic acids is 1. The fourth-order valence-corrected chi connectivity index (χ4v) is 3.25. The van der Waals surface area contributed by atoms with Gasteiger partial charge >= 0.3 is 5.97 Å². The molecule has 1 aliphatic heterocycles. The van der Waals surface area contributed by atoms with Crippen molar-refractivity contribution in [2.75, 3.05) is 13.1 Å². The lowest BCUT2D eigenvalue weighted by molar-refractivity contribution is -0.141. The molecule has 2 unspecified atom stereocenters. The van der Waals surface area contributed by atoms with Gasteiger partial charge in [-0.15, -0.1) is 0 Å². The number of nitrogens with one attached hydrogen (secondary N) is 1. The van der Waals surface area contributed by atoms with Gasteiger partial charge in [-0.1, -0.05) is 51.1 Å². The zero-order chi connectivity index (χ0) is 19.3. The van der Waals surface area contributed by atoms with Gasteiger partial charge in [-0.05, 0) is 23.8 Å². The highest BCUT2D eigenvalue weighted by Crippen LogP contribution is 2.25. The molecule has 142 valence electrons. The van der Waals surface area contributed by atoms with Crippen LogP contribution in [0.1, 0.15) is 51.5 Å². The summed E-state index contributed by atoms with van der Waals surface area (Å²) in [6.45, 7) is 6.57. The molecule has 1 aromatic carbocycles. The Kier molecular flexibility index (Phi) is 6.40. The Hall–Kier alpha value is -2.37. The summed E-state index contributed by atoms with van der Waals surface area (Å²) in [6, 6.07) is 8.33. The number of nitrogens with zero attached hydrogens (tertiary/aromatic N) is 1. The van der Waals surface area contributed by atoms with Crippen molar-refractivity contribution in [1.82, 2.24) is 10.2 Å². The molecule has 6 nitrogen and oxygen atoms in total. The largest absolute Gasteiger partial charge is 0.481 e. The van der Waals surface area contributed by atoms with E-state index >= 15 is 0 Å². The van der Waals surface area contributed by atoms with Crippen LogP contribution < -0.4 is 5.32 Å². The highest BCUT2D eigenvalue weighted by atomic mass is 16.4. The first kappa shape index (κ1) is 19.9. The third-order valence-electron chi connectivity index (χ3n) is 4.54. The second-order valence-corrected chi connectivity index (χ2v) is 8.03. The summed E-state index contributed by atoms with van der Waals surface area (Å²) in [6.07, 6.45) is 1.79. The van der Waals surface area contributed by atoms with Gasteiger partial charge in [0.25, 0.3) is 0 Å². The molecule has 0 spiro atoms. The van der Waals surface area contributed by atoms with E-state index in [9.17, 15) is 19.5 Å². The van der Waals surface area contributed by atoms with Gasteiger partial charge < -0.3 is 15.3 Å².